The third-order valence-corrected chi connectivity index (χ3v) is 3.84. The standard InChI is InChI=1S/C15H26N4O/c1-11(2)15-17-8-14(13(7-16)18-15)19-6-4-5-12(9-19)10-20-3/h8,11-12H,4-7,9-10,16H2,1-3H3. The number of hydrogen-bond donors (Lipinski definition) is 1. The molecule has 0 saturated carbocycles. The Morgan fingerprint density at radius 2 is 2.30 bits per heavy atom. The first-order valence-corrected chi connectivity index (χ1v) is 7.45. The molecular formula is C15H26N4O. The molecule has 2 N–H and O–H groups in total. The molecule has 0 bridgehead atoms. The van der Waals surface area contributed by atoms with E-state index in [-0.39, 0.29) is 0 Å². The largest absolute Gasteiger partial charge is 0.384 e. The van der Waals surface area contributed by atoms with E-state index < -0.39 is 0 Å². The predicted molar refractivity (Wildman–Crippen MR) is 80.8 cm³/mol. The Hall–Kier alpha value is -1.20. The maximum atomic E-state index is 5.88. The van der Waals surface area contributed by atoms with Gasteiger partial charge in [-0.2, -0.15) is 0 Å². The molecule has 5 nitrogen and oxygen atoms in total. The van der Waals surface area contributed by atoms with Crippen molar-refractivity contribution in [1.29, 1.82) is 0 Å². The molecule has 1 aromatic heterocycles. The lowest BCUT2D eigenvalue weighted by atomic mass is 9.98. The second-order valence-corrected chi connectivity index (χ2v) is 5.83. The molecule has 2 heterocycles. The van der Waals surface area contributed by atoms with Gasteiger partial charge in [0.1, 0.15) is 5.82 Å². The van der Waals surface area contributed by atoms with Crippen molar-refractivity contribution >= 4 is 5.69 Å². The summed E-state index contributed by atoms with van der Waals surface area (Å²) in [6.45, 7) is 7.54. The summed E-state index contributed by atoms with van der Waals surface area (Å²) < 4.78 is 5.29. The molecule has 1 aliphatic rings. The van der Waals surface area contributed by atoms with Crippen LogP contribution in [-0.2, 0) is 11.3 Å². The summed E-state index contributed by atoms with van der Waals surface area (Å²) in [6.07, 6.45) is 4.36. The number of nitrogens with zero attached hydrogens (tertiary/aromatic N) is 3. The van der Waals surface area contributed by atoms with E-state index in [0.29, 0.717) is 18.4 Å². The average molecular weight is 278 g/mol. The van der Waals surface area contributed by atoms with Crippen molar-refractivity contribution < 1.29 is 4.74 Å². The van der Waals surface area contributed by atoms with Gasteiger partial charge in [-0.25, -0.2) is 9.97 Å². The SMILES string of the molecule is COCC1CCCN(c2cnc(C(C)C)nc2CN)C1. The highest BCUT2D eigenvalue weighted by Gasteiger charge is 2.22. The van der Waals surface area contributed by atoms with Crippen LogP contribution < -0.4 is 10.6 Å². The number of anilines is 1. The average Bonchev–Trinajstić information content (AvgIpc) is 2.47. The first-order chi connectivity index (χ1) is 9.65. The fourth-order valence-corrected chi connectivity index (χ4v) is 2.77. The van der Waals surface area contributed by atoms with Crippen LogP contribution in [-0.4, -0.2) is 36.8 Å². The number of hydrogen-bond acceptors (Lipinski definition) is 5. The van der Waals surface area contributed by atoms with Gasteiger partial charge in [0.05, 0.1) is 24.2 Å². The van der Waals surface area contributed by atoms with E-state index in [0.717, 1.165) is 36.9 Å². The lowest BCUT2D eigenvalue weighted by Gasteiger charge is -2.34. The Bertz CT molecular complexity index is 434. The third kappa shape index (κ3) is 3.46. The summed E-state index contributed by atoms with van der Waals surface area (Å²) in [4.78, 5) is 11.5. The Labute approximate surface area is 121 Å². The molecule has 1 aromatic rings. The van der Waals surface area contributed by atoms with Crippen LogP contribution >= 0.6 is 0 Å². The maximum absolute atomic E-state index is 5.88. The second-order valence-electron chi connectivity index (χ2n) is 5.83. The van der Waals surface area contributed by atoms with Crippen molar-refractivity contribution in [2.45, 2.75) is 39.2 Å². The van der Waals surface area contributed by atoms with Gasteiger partial charge < -0.3 is 15.4 Å². The van der Waals surface area contributed by atoms with Crippen molar-refractivity contribution in [2.24, 2.45) is 11.7 Å². The van der Waals surface area contributed by atoms with Crippen molar-refractivity contribution in [1.82, 2.24) is 9.97 Å². The Morgan fingerprint density at radius 3 is 2.95 bits per heavy atom. The molecule has 1 fully saturated rings. The smallest absolute Gasteiger partial charge is 0.131 e. The van der Waals surface area contributed by atoms with Crippen molar-refractivity contribution in [3.8, 4) is 0 Å². The Balaban J connectivity index is 2.18. The molecule has 0 radical (unpaired) electrons. The van der Waals surface area contributed by atoms with E-state index in [1.54, 1.807) is 7.11 Å². The normalized spacial score (nSPS) is 19.6. The summed E-state index contributed by atoms with van der Waals surface area (Å²) >= 11 is 0. The molecule has 1 aliphatic heterocycles. The van der Waals surface area contributed by atoms with E-state index in [1.807, 2.05) is 6.20 Å². The van der Waals surface area contributed by atoms with Gasteiger partial charge >= 0.3 is 0 Å². The number of ether oxygens (including phenoxy) is 1. The quantitative estimate of drug-likeness (QED) is 0.891. The second kappa shape index (κ2) is 6.99. The third-order valence-electron chi connectivity index (χ3n) is 3.84. The fourth-order valence-electron chi connectivity index (χ4n) is 2.77. The van der Waals surface area contributed by atoms with Gasteiger partial charge in [0.25, 0.3) is 0 Å². The minimum absolute atomic E-state index is 0.331. The van der Waals surface area contributed by atoms with E-state index in [9.17, 15) is 0 Å². The highest BCUT2D eigenvalue weighted by Crippen LogP contribution is 2.26. The van der Waals surface area contributed by atoms with Gasteiger partial charge in [-0.1, -0.05) is 13.8 Å². The van der Waals surface area contributed by atoms with Crippen molar-refractivity contribution in [3.63, 3.8) is 0 Å². The zero-order valence-corrected chi connectivity index (χ0v) is 12.8. The summed E-state index contributed by atoms with van der Waals surface area (Å²) in [5.74, 6) is 1.79. The van der Waals surface area contributed by atoms with Crippen molar-refractivity contribution in [3.05, 3.63) is 17.7 Å². The molecule has 0 aliphatic carbocycles. The molecule has 1 saturated heterocycles. The number of piperidine rings is 1. The Kier molecular flexibility index (Phi) is 5.31. The van der Waals surface area contributed by atoms with E-state index >= 15 is 0 Å². The summed E-state index contributed by atoms with van der Waals surface area (Å²) in [6, 6.07) is 0. The summed E-state index contributed by atoms with van der Waals surface area (Å²) in [5, 5.41) is 0. The monoisotopic (exact) mass is 278 g/mol. The van der Waals surface area contributed by atoms with Crippen LogP contribution in [0.4, 0.5) is 5.69 Å². The molecule has 5 heteroatoms. The molecule has 0 aromatic carbocycles. The Morgan fingerprint density at radius 1 is 1.50 bits per heavy atom. The summed E-state index contributed by atoms with van der Waals surface area (Å²) in [5.41, 5.74) is 7.93. The van der Waals surface area contributed by atoms with Gasteiger partial charge in [0.2, 0.25) is 0 Å². The van der Waals surface area contributed by atoms with Gasteiger partial charge in [-0.15, -0.1) is 0 Å². The number of aromatic nitrogens is 2. The molecular weight excluding hydrogens is 252 g/mol. The van der Waals surface area contributed by atoms with Crippen LogP contribution in [0.15, 0.2) is 6.20 Å². The van der Waals surface area contributed by atoms with Crippen molar-refractivity contribution in [2.75, 3.05) is 31.7 Å². The number of methoxy groups -OCH3 is 1. The highest BCUT2D eigenvalue weighted by atomic mass is 16.5. The molecule has 1 unspecified atom stereocenters. The van der Waals surface area contributed by atoms with Crippen LogP contribution in [0.3, 0.4) is 0 Å². The zero-order chi connectivity index (χ0) is 14.5. The van der Waals surface area contributed by atoms with E-state index in [1.165, 1.54) is 12.8 Å². The number of nitrogens with two attached hydrogens (primary N) is 1. The van der Waals surface area contributed by atoms with Gasteiger partial charge in [-0.05, 0) is 18.8 Å². The zero-order valence-electron chi connectivity index (χ0n) is 12.8. The molecule has 112 valence electrons. The molecule has 2 rings (SSSR count). The van der Waals surface area contributed by atoms with Crippen LogP contribution in [0.25, 0.3) is 0 Å². The predicted octanol–water partition coefficient (Wildman–Crippen LogP) is 1.92. The minimum atomic E-state index is 0.331. The van der Waals surface area contributed by atoms with Crippen LogP contribution in [0.5, 0.6) is 0 Å². The fraction of sp³-hybridized carbons (Fsp3) is 0.733. The topological polar surface area (TPSA) is 64.3 Å². The maximum Gasteiger partial charge on any atom is 0.131 e. The van der Waals surface area contributed by atoms with Crippen LogP contribution in [0, 0.1) is 5.92 Å². The first-order valence-electron chi connectivity index (χ1n) is 7.45. The lowest BCUT2D eigenvalue weighted by molar-refractivity contribution is 0.143. The highest BCUT2D eigenvalue weighted by molar-refractivity contribution is 5.49. The lowest BCUT2D eigenvalue weighted by Crippen LogP contribution is -2.38. The van der Waals surface area contributed by atoms with Crippen LogP contribution in [0.2, 0.25) is 0 Å². The van der Waals surface area contributed by atoms with Gasteiger partial charge in [0, 0.05) is 32.7 Å². The molecule has 0 spiro atoms. The molecule has 20 heavy (non-hydrogen) atoms. The summed E-state index contributed by atoms with van der Waals surface area (Å²) in [7, 11) is 1.77. The van der Waals surface area contributed by atoms with Gasteiger partial charge in [0.15, 0.2) is 0 Å². The van der Waals surface area contributed by atoms with Crippen LogP contribution in [0.1, 0.15) is 44.1 Å². The van der Waals surface area contributed by atoms with E-state index in [2.05, 4.69) is 28.7 Å². The minimum Gasteiger partial charge on any atom is -0.384 e. The van der Waals surface area contributed by atoms with Gasteiger partial charge in [-0.3, -0.25) is 0 Å². The molecule has 0 amide bonds. The number of rotatable bonds is 5. The van der Waals surface area contributed by atoms with E-state index in [4.69, 9.17) is 10.5 Å². The molecule has 1 atom stereocenters. The first kappa shape index (κ1) is 15.2.